The second kappa shape index (κ2) is 3.34. The molecule has 1 aromatic carbocycles. The molecule has 0 aliphatic rings. The van der Waals surface area contributed by atoms with E-state index in [1.807, 2.05) is 6.07 Å². The maximum Gasteiger partial charge on any atom is 0.249 e. The summed E-state index contributed by atoms with van der Waals surface area (Å²) in [7, 11) is 0. The zero-order chi connectivity index (χ0) is 11.1. The van der Waals surface area contributed by atoms with Crippen molar-refractivity contribution in [1.82, 2.24) is 10.1 Å². The van der Waals surface area contributed by atoms with Crippen LogP contribution in [0.25, 0.3) is 22.7 Å². The molecule has 3 aromatic rings. The highest BCUT2D eigenvalue weighted by Crippen LogP contribution is 2.29. The van der Waals surface area contributed by atoms with Crippen molar-refractivity contribution < 1.29 is 8.94 Å². The van der Waals surface area contributed by atoms with Crippen LogP contribution in [0.3, 0.4) is 0 Å². The summed E-state index contributed by atoms with van der Waals surface area (Å²) in [5.74, 6) is 0.397. The van der Waals surface area contributed by atoms with Gasteiger partial charge >= 0.3 is 0 Å². The number of aromatic nitrogens is 2. The van der Waals surface area contributed by atoms with Crippen molar-refractivity contribution in [3.63, 3.8) is 0 Å². The topological polar surface area (TPSA) is 78.1 Å². The second-order valence-electron chi connectivity index (χ2n) is 3.25. The fraction of sp³-hybridized carbons (Fsp3) is 0. The van der Waals surface area contributed by atoms with E-state index in [9.17, 15) is 0 Å². The van der Waals surface area contributed by atoms with Crippen LogP contribution in [0.1, 0.15) is 0 Å². The molecule has 0 unspecified atom stereocenters. The summed E-state index contributed by atoms with van der Waals surface area (Å²) >= 11 is 3.35. The van der Waals surface area contributed by atoms with Crippen molar-refractivity contribution >= 4 is 32.7 Å². The Kier molecular flexibility index (Phi) is 1.97. The van der Waals surface area contributed by atoms with Crippen molar-refractivity contribution in [2.45, 2.75) is 0 Å². The van der Waals surface area contributed by atoms with Gasteiger partial charge in [-0.1, -0.05) is 21.1 Å². The molecule has 2 aromatic heterocycles. The van der Waals surface area contributed by atoms with Crippen LogP contribution in [0.5, 0.6) is 0 Å². The maximum absolute atomic E-state index is 5.82. The lowest BCUT2D eigenvalue weighted by molar-refractivity contribution is 0.419. The number of benzene rings is 1. The molecule has 0 aliphatic heterocycles. The summed E-state index contributed by atoms with van der Waals surface area (Å²) in [6.45, 7) is 0. The van der Waals surface area contributed by atoms with Gasteiger partial charge in [-0.05, 0) is 12.1 Å². The lowest BCUT2D eigenvalue weighted by Gasteiger charge is -1.93. The number of nitrogens with zero attached hydrogens (tertiary/aromatic N) is 2. The van der Waals surface area contributed by atoms with E-state index in [4.69, 9.17) is 14.7 Å². The summed E-state index contributed by atoms with van der Waals surface area (Å²) in [5.41, 5.74) is 8.14. The molecule has 0 saturated heterocycles. The number of rotatable bonds is 1. The van der Waals surface area contributed by atoms with E-state index in [0.717, 1.165) is 4.47 Å². The van der Waals surface area contributed by atoms with E-state index in [-0.39, 0.29) is 0 Å². The van der Waals surface area contributed by atoms with E-state index in [2.05, 4.69) is 26.1 Å². The molecule has 0 aliphatic carbocycles. The van der Waals surface area contributed by atoms with E-state index in [1.165, 1.54) is 6.26 Å². The smallest absolute Gasteiger partial charge is 0.249 e. The average molecular weight is 280 g/mol. The maximum atomic E-state index is 5.82. The molecule has 0 saturated carbocycles. The Morgan fingerprint density at radius 3 is 2.94 bits per heavy atom. The Hall–Kier alpha value is -1.82. The number of anilines is 1. The van der Waals surface area contributed by atoms with Crippen LogP contribution in [0.4, 0.5) is 5.69 Å². The average Bonchev–Trinajstić information content (AvgIpc) is 2.82. The lowest BCUT2D eigenvalue weighted by atomic mass is 10.3. The van der Waals surface area contributed by atoms with Crippen LogP contribution in [-0.4, -0.2) is 10.1 Å². The molecule has 2 N–H and O–H groups in total. The number of nitrogens with two attached hydrogens (primary N) is 1. The highest BCUT2D eigenvalue weighted by molar-refractivity contribution is 9.10. The fourth-order valence-corrected chi connectivity index (χ4v) is 1.92. The molecular formula is C10H6BrN3O2. The van der Waals surface area contributed by atoms with Gasteiger partial charge in [0.05, 0.1) is 5.69 Å². The molecule has 0 atom stereocenters. The molecule has 6 heteroatoms. The molecule has 16 heavy (non-hydrogen) atoms. The Labute approximate surface area is 98.4 Å². The third-order valence-corrected chi connectivity index (χ3v) is 2.60. The van der Waals surface area contributed by atoms with E-state index in [0.29, 0.717) is 28.4 Å². The molecular weight excluding hydrogens is 274 g/mol. The van der Waals surface area contributed by atoms with Crippen LogP contribution in [-0.2, 0) is 0 Å². The largest absolute Gasteiger partial charge is 0.432 e. The molecule has 0 fully saturated rings. The lowest BCUT2D eigenvalue weighted by Crippen LogP contribution is -1.84. The number of fused-ring (bicyclic) bond motifs is 1. The number of hydrogen-bond acceptors (Lipinski definition) is 5. The van der Waals surface area contributed by atoms with Crippen molar-refractivity contribution in [2.24, 2.45) is 0 Å². The highest BCUT2D eigenvalue weighted by atomic mass is 79.9. The van der Waals surface area contributed by atoms with Gasteiger partial charge in [0.25, 0.3) is 0 Å². The summed E-state index contributed by atoms with van der Waals surface area (Å²) in [4.78, 5) is 4.28. The monoisotopic (exact) mass is 279 g/mol. The second-order valence-corrected chi connectivity index (χ2v) is 4.16. The predicted molar refractivity (Wildman–Crippen MR) is 61.6 cm³/mol. The van der Waals surface area contributed by atoms with E-state index >= 15 is 0 Å². The first kappa shape index (κ1) is 9.41. The van der Waals surface area contributed by atoms with Crippen molar-refractivity contribution in [3.05, 3.63) is 28.9 Å². The Balaban J connectivity index is 2.27. The first-order valence-corrected chi connectivity index (χ1v) is 5.29. The van der Waals surface area contributed by atoms with Gasteiger partial charge in [0.1, 0.15) is 11.8 Å². The van der Waals surface area contributed by atoms with Crippen LogP contribution >= 0.6 is 15.9 Å². The first-order chi connectivity index (χ1) is 7.74. The van der Waals surface area contributed by atoms with Crippen molar-refractivity contribution in [3.8, 4) is 11.6 Å². The Morgan fingerprint density at radius 1 is 1.31 bits per heavy atom. The van der Waals surface area contributed by atoms with Crippen LogP contribution in [0, 0.1) is 0 Å². The number of oxazole rings is 1. The minimum absolute atomic E-state index is 0.397. The number of halogens is 1. The minimum atomic E-state index is 0.397. The standard InChI is InChI=1S/C10H6BrN3O2/c11-5-3-6(12)9-8(4-5)13-10(16-9)7-1-2-15-14-7/h1-4H,12H2. The van der Waals surface area contributed by atoms with Crippen LogP contribution < -0.4 is 5.73 Å². The molecule has 5 nitrogen and oxygen atoms in total. The van der Waals surface area contributed by atoms with Crippen LogP contribution in [0.15, 0.2) is 37.9 Å². The van der Waals surface area contributed by atoms with Gasteiger partial charge in [0.15, 0.2) is 11.3 Å². The van der Waals surface area contributed by atoms with E-state index in [1.54, 1.807) is 12.1 Å². The number of hydrogen-bond donors (Lipinski definition) is 1. The van der Waals surface area contributed by atoms with Gasteiger partial charge in [0.2, 0.25) is 5.89 Å². The molecule has 0 radical (unpaired) electrons. The summed E-state index contributed by atoms with van der Waals surface area (Å²) in [6.07, 6.45) is 1.46. The molecule has 0 bridgehead atoms. The van der Waals surface area contributed by atoms with Gasteiger partial charge in [-0.15, -0.1) is 0 Å². The normalized spacial score (nSPS) is 11.1. The summed E-state index contributed by atoms with van der Waals surface area (Å²) < 4.78 is 11.1. The third-order valence-electron chi connectivity index (χ3n) is 2.14. The van der Waals surface area contributed by atoms with Crippen LogP contribution in [0.2, 0.25) is 0 Å². The molecule has 2 heterocycles. The zero-order valence-corrected chi connectivity index (χ0v) is 9.56. The summed E-state index contributed by atoms with van der Waals surface area (Å²) in [5, 5.41) is 3.75. The predicted octanol–water partition coefficient (Wildman–Crippen LogP) is 2.83. The van der Waals surface area contributed by atoms with Gasteiger partial charge in [-0.25, -0.2) is 4.98 Å². The quantitative estimate of drug-likeness (QED) is 0.693. The highest BCUT2D eigenvalue weighted by Gasteiger charge is 2.13. The van der Waals surface area contributed by atoms with Gasteiger partial charge in [0, 0.05) is 10.5 Å². The molecule has 3 rings (SSSR count). The minimum Gasteiger partial charge on any atom is -0.432 e. The van der Waals surface area contributed by atoms with Gasteiger partial charge < -0.3 is 14.7 Å². The van der Waals surface area contributed by atoms with Gasteiger partial charge in [-0.2, -0.15) is 0 Å². The van der Waals surface area contributed by atoms with Crippen molar-refractivity contribution in [2.75, 3.05) is 5.73 Å². The summed E-state index contributed by atoms with van der Waals surface area (Å²) in [6, 6.07) is 5.27. The SMILES string of the molecule is Nc1cc(Br)cc2nc(-c3ccon3)oc12. The number of nitrogen functional groups attached to an aromatic ring is 1. The van der Waals surface area contributed by atoms with Crippen molar-refractivity contribution in [1.29, 1.82) is 0 Å². The third kappa shape index (κ3) is 1.38. The first-order valence-electron chi connectivity index (χ1n) is 4.50. The van der Waals surface area contributed by atoms with Gasteiger partial charge in [-0.3, -0.25) is 0 Å². The zero-order valence-electron chi connectivity index (χ0n) is 7.98. The molecule has 0 spiro atoms. The Morgan fingerprint density at radius 2 is 2.19 bits per heavy atom. The molecule has 0 amide bonds. The Bertz CT molecular complexity index is 645. The fourth-order valence-electron chi connectivity index (χ4n) is 1.46. The molecule has 80 valence electrons. The van der Waals surface area contributed by atoms with E-state index < -0.39 is 0 Å².